The zero-order chi connectivity index (χ0) is 15.4. The summed E-state index contributed by atoms with van der Waals surface area (Å²) >= 11 is 11.8. The summed E-state index contributed by atoms with van der Waals surface area (Å²) in [5, 5.41) is 5.55. The van der Waals surface area contributed by atoms with Crippen LogP contribution < -0.4 is 10.6 Å². The van der Waals surface area contributed by atoms with Gasteiger partial charge < -0.3 is 10.6 Å². The minimum Gasteiger partial charge on any atom is -0.374 e. The highest BCUT2D eigenvalue weighted by molar-refractivity contribution is 6.39. The largest absolute Gasteiger partial charge is 0.374 e. The van der Waals surface area contributed by atoms with E-state index in [1.165, 1.54) is 6.07 Å². The third-order valence-corrected chi connectivity index (χ3v) is 3.25. The van der Waals surface area contributed by atoms with Crippen LogP contribution in [0.5, 0.6) is 0 Å². The Kier molecular flexibility index (Phi) is 4.98. The minimum atomic E-state index is -0.848. The number of nitrogens with one attached hydrogen (secondary N) is 2. The smallest absolute Gasteiger partial charge is 0.243 e. The summed E-state index contributed by atoms with van der Waals surface area (Å²) in [5.41, 5.74) is -0.112. The first-order valence-electron chi connectivity index (χ1n) is 5.91. The molecule has 2 rings (SSSR count). The molecule has 0 heterocycles. The van der Waals surface area contributed by atoms with E-state index in [2.05, 4.69) is 10.6 Å². The lowest BCUT2D eigenvalue weighted by atomic mass is 10.3. The molecule has 0 aliphatic heterocycles. The normalized spacial score (nSPS) is 10.3. The number of benzene rings is 2. The Hall–Kier alpha value is -1.85. The van der Waals surface area contributed by atoms with Gasteiger partial charge in [-0.1, -0.05) is 35.3 Å². The van der Waals surface area contributed by atoms with Crippen molar-refractivity contribution in [2.45, 2.75) is 0 Å². The van der Waals surface area contributed by atoms with Crippen molar-refractivity contribution in [2.24, 2.45) is 0 Å². The number of para-hydroxylation sites is 2. The third kappa shape index (κ3) is 3.83. The summed E-state index contributed by atoms with van der Waals surface area (Å²) in [6.07, 6.45) is 0. The van der Waals surface area contributed by atoms with Crippen LogP contribution in [0.15, 0.2) is 36.4 Å². The van der Waals surface area contributed by atoms with Gasteiger partial charge in [0.15, 0.2) is 0 Å². The van der Waals surface area contributed by atoms with E-state index in [1.54, 1.807) is 18.2 Å². The average molecular weight is 331 g/mol. The minimum absolute atomic E-state index is 0.239. The standard InChI is InChI=1S/C14H10Cl2F2N2O/c15-8-3-1-4-9(16)13(8)19-7-12(21)20-14-10(17)5-2-6-11(14)18/h1-6,19H,7H2,(H,20,21). The fourth-order valence-electron chi connectivity index (χ4n) is 1.64. The number of hydrogen-bond acceptors (Lipinski definition) is 2. The molecule has 0 aliphatic rings. The van der Waals surface area contributed by atoms with E-state index in [0.717, 1.165) is 12.1 Å². The van der Waals surface area contributed by atoms with E-state index in [-0.39, 0.29) is 6.54 Å². The fraction of sp³-hybridized carbons (Fsp3) is 0.0714. The van der Waals surface area contributed by atoms with Gasteiger partial charge in [0.1, 0.15) is 17.3 Å². The quantitative estimate of drug-likeness (QED) is 0.876. The van der Waals surface area contributed by atoms with Crippen molar-refractivity contribution >= 4 is 40.5 Å². The Morgan fingerprint density at radius 3 is 2.05 bits per heavy atom. The van der Waals surface area contributed by atoms with Gasteiger partial charge in [0.05, 0.1) is 22.3 Å². The van der Waals surface area contributed by atoms with E-state index < -0.39 is 23.2 Å². The monoisotopic (exact) mass is 330 g/mol. The Balaban J connectivity index is 2.03. The summed E-state index contributed by atoms with van der Waals surface area (Å²) in [4.78, 5) is 11.7. The zero-order valence-corrected chi connectivity index (χ0v) is 12.1. The Morgan fingerprint density at radius 1 is 0.952 bits per heavy atom. The number of amides is 1. The molecule has 0 radical (unpaired) electrons. The van der Waals surface area contributed by atoms with E-state index >= 15 is 0 Å². The van der Waals surface area contributed by atoms with Crippen molar-refractivity contribution in [3.63, 3.8) is 0 Å². The summed E-state index contributed by atoms with van der Waals surface area (Å²) in [6, 6.07) is 8.18. The molecule has 7 heteroatoms. The van der Waals surface area contributed by atoms with Crippen LogP contribution in [0, 0.1) is 11.6 Å². The predicted molar refractivity (Wildman–Crippen MR) is 79.9 cm³/mol. The number of anilines is 2. The lowest BCUT2D eigenvalue weighted by Crippen LogP contribution is -2.23. The van der Waals surface area contributed by atoms with Crippen LogP contribution in [-0.2, 0) is 4.79 Å². The Morgan fingerprint density at radius 2 is 1.48 bits per heavy atom. The molecule has 2 aromatic rings. The van der Waals surface area contributed by atoms with Crippen molar-refractivity contribution in [3.8, 4) is 0 Å². The molecule has 2 N–H and O–H groups in total. The van der Waals surface area contributed by atoms with Crippen molar-refractivity contribution in [1.29, 1.82) is 0 Å². The molecule has 0 unspecified atom stereocenters. The van der Waals surface area contributed by atoms with Crippen molar-refractivity contribution in [2.75, 3.05) is 17.2 Å². The number of carbonyl (C=O) groups is 1. The van der Waals surface area contributed by atoms with Crippen LogP contribution in [0.1, 0.15) is 0 Å². The molecule has 0 saturated heterocycles. The maximum absolute atomic E-state index is 13.4. The van der Waals surface area contributed by atoms with Gasteiger partial charge in [-0.05, 0) is 24.3 Å². The molecule has 0 bridgehead atoms. The van der Waals surface area contributed by atoms with Gasteiger partial charge >= 0.3 is 0 Å². The van der Waals surface area contributed by atoms with E-state index in [1.807, 2.05) is 0 Å². The molecule has 0 aliphatic carbocycles. The summed E-state index contributed by atoms with van der Waals surface area (Å²) in [6.45, 7) is -0.239. The first-order chi connectivity index (χ1) is 9.99. The molecule has 0 saturated carbocycles. The molecule has 0 fully saturated rings. The second-order valence-electron chi connectivity index (χ2n) is 4.10. The SMILES string of the molecule is O=C(CNc1c(Cl)cccc1Cl)Nc1c(F)cccc1F. The van der Waals surface area contributed by atoms with Crippen LogP contribution in [0.3, 0.4) is 0 Å². The number of hydrogen-bond donors (Lipinski definition) is 2. The maximum atomic E-state index is 13.4. The average Bonchev–Trinajstić information content (AvgIpc) is 2.42. The first kappa shape index (κ1) is 15.5. The van der Waals surface area contributed by atoms with Gasteiger partial charge in [0, 0.05) is 0 Å². The highest BCUT2D eigenvalue weighted by Gasteiger charge is 2.12. The van der Waals surface area contributed by atoms with Crippen molar-refractivity contribution in [1.82, 2.24) is 0 Å². The van der Waals surface area contributed by atoms with Gasteiger partial charge in [0.25, 0.3) is 0 Å². The number of halogens is 4. The van der Waals surface area contributed by atoms with Crippen LogP contribution >= 0.6 is 23.2 Å². The lowest BCUT2D eigenvalue weighted by molar-refractivity contribution is -0.114. The predicted octanol–water partition coefficient (Wildman–Crippen LogP) is 4.32. The number of rotatable bonds is 4. The topological polar surface area (TPSA) is 41.1 Å². The second-order valence-corrected chi connectivity index (χ2v) is 4.91. The van der Waals surface area contributed by atoms with Gasteiger partial charge in [-0.3, -0.25) is 4.79 Å². The third-order valence-electron chi connectivity index (χ3n) is 2.62. The van der Waals surface area contributed by atoms with Crippen molar-refractivity contribution < 1.29 is 13.6 Å². The van der Waals surface area contributed by atoms with Gasteiger partial charge in [-0.15, -0.1) is 0 Å². The Labute approximate surface area is 129 Å². The van der Waals surface area contributed by atoms with Crippen LogP contribution in [-0.4, -0.2) is 12.5 Å². The molecule has 1 amide bonds. The zero-order valence-electron chi connectivity index (χ0n) is 10.6. The summed E-state index contributed by atoms with van der Waals surface area (Å²) < 4.78 is 26.8. The molecular weight excluding hydrogens is 321 g/mol. The van der Waals surface area contributed by atoms with Crippen LogP contribution in [0.4, 0.5) is 20.2 Å². The molecule has 110 valence electrons. The second kappa shape index (κ2) is 6.74. The van der Waals surface area contributed by atoms with E-state index in [0.29, 0.717) is 15.7 Å². The van der Waals surface area contributed by atoms with Crippen molar-refractivity contribution in [3.05, 3.63) is 58.1 Å². The van der Waals surface area contributed by atoms with Crippen LogP contribution in [0.2, 0.25) is 10.0 Å². The molecule has 3 nitrogen and oxygen atoms in total. The Bertz CT molecular complexity index is 640. The van der Waals surface area contributed by atoms with Gasteiger partial charge in [0.2, 0.25) is 5.91 Å². The lowest BCUT2D eigenvalue weighted by Gasteiger charge is -2.11. The van der Waals surface area contributed by atoms with Gasteiger partial charge in [-0.2, -0.15) is 0 Å². The molecule has 21 heavy (non-hydrogen) atoms. The summed E-state index contributed by atoms with van der Waals surface area (Å²) in [5.74, 6) is -2.33. The summed E-state index contributed by atoms with van der Waals surface area (Å²) in [7, 11) is 0. The van der Waals surface area contributed by atoms with Crippen LogP contribution in [0.25, 0.3) is 0 Å². The number of carbonyl (C=O) groups excluding carboxylic acids is 1. The van der Waals surface area contributed by atoms with E-state index in [9.17, 15) is 13.6 Å². The molecule has 0 spiro atoms. The highest BCUT2D eigenvalue weighted by Crippen LogP contribution is 2.29. The molecule has 2 aromatic carbocycles. The fourth-order valence-corrected chi connectivity index (χ4v) is 2.17. The molecular formula is C14H10Cl2F2N2O. The van der Waals surface area contributed by atoms with E-state index in [4.69, 9.17) is 23.2 Å². The highest BCUT2D eigenvalue weighted by atomic mass is 35.5. The molecule has 0 atom stereocenters. The molecule has 0 aromatic heterocycles. The maximum Gasteiger partial charge on any atom is 0.243 e. The first-order valence-corrected chi connectivity index (χ1v) is 6.66. The van der Waals surface area contributed by atoms with Gasteiger partial charge in [-0.25, -0.2) is 8.78 Å².